The lowest BCUT2D eigenvalue weighted by molar-refractivity contribution is -0.355. The van der Waals surface area contributed by atoms with Crippen LogP contribution in [0.2, 0.25) is 0 Å². The number of hydrogen-bond acceptors (Lipinski definition) is 11. The van der Waals surface area contributed by atoms with Crippen LogP contribution in [-0.4, -0.2) is 115 Å². The summed E-state index contributed by atoms with van der Waals surface area (Å²) in [5.74, 6) is 0. The third-order valence-corrected chi connectivity index (χ3v) is 3.98. The van der Waals surface area contributed by atoms with E-state index in [-0.39, 0.29) is 0 Å². The summed E-state index contributed by atoms with van der Waals surface area (Å²) in [6.07, 6.45) is -15.6. The molecule has 2 heterocycles. The molecule has 0 aromatic heterocycles. The van der Waals surface area contributed by atoms with Crippen molar-refractivity contribution in [3.63, 3.8) is 0 Å². The van der Waals surface area contributed by atoms with Crippen molar-refractivity contribution in [1.29, 1.82) is 0 Å². The van der Waals surface area contributed by atoms with Gasteiger partial charge in [0.1, 0.15) is 48.8 Å². The Hall–Kier alpha value is -0.440. The minimum absolute atomic E-state index is 0.667. The molecule has 2 saturated heterocycles. The Balaban J connectivity index is 2.11. The minimum Gasteiger partial charge on any atom is -0.394 e. The molecule has 11 nitrogen and oxygen atoms in total. The van der Waals surface area contributed by atoms with Crippen molar-refractivity contribution in [3.05, 3.63) is 0 Å². The Bertz CT molecular complexity index is 378. The van der Waals surface area contributed by atoms with Gasteiger partial charge in [-0.1, -0.05) is 0 Å². The minimum atomic E-state index is -1.74. The molecule has 0 aromatic carbocycles. The van der Waals surface area contributed by atoms with Gasteiger partial charge in [-0.3, -0.25) is 0 Å². The fourth-order valence-electron chi connectivity index (χ4n) is 2.57. The van der Waals surface area contributed by atoms with E-state index in [9.17, 15) is 35.7 Å². The van der Waals surface area contributed by atoms with Gasteiger partial charge in [-0.25, -0.2) is 0 Å². The predicted molar refractivity (Wildman–Crippen MR) is 68.6 cm³/mol. The van der Waals surface area contributed by atoms with E-state index in [1.807, 2.05) is 0 Å². The average Bonchev–Trinajstić information content (AvgIpc) is 2.55. The second-order valence-corrected chi connectivity index (χ2v) is 5.53. The molecule has 2 aliphatic rings. The molecule has 2 aliphatic heterocycles. The van der Waals surface area contributed by atoms with E-state index >= 15 is 0 Å². The summed E-state index contributed by atoms with van der Waals surface area (Å²) in [6.45, 7) is -1.35. The van der Waals surface area contributed by atoms with Gasteiger partial charge in [0.2, 0.25) is 0 Å². The Morgan fingerprint density at radius 3 is 1.83 bits per heavy atom. The van der Waals surface area contributed by atoms with Gasteiger partial charge >= 0.3 is 0 Å². The van der Waals surface area contributed by atoms with Crippen LogP contribution in [-0.2, 0) is 14.2 Å². The highest BCUT2D eigenvalue weighted by atomic mass is 16.7. The van der Waals surface area contributed by atoms with Crippen LogP contribution in [0.5, 0.6) is 0 Å². The zero-order valence-electron chi connectivity index (χ0n) is 12.0. The standard InChI is InChI=1S/C12H22O11/c13-1-3-5(15)6(16)9(19)12(22-3)23-10-4(2-14)21-11(20)8(18)7(10)17/h3-20H,1-2H2/t3-,4+,5-,6-,7+,8+,9-,10+,11-,12+/m0/s1. The smallest absolute Gasteiger partial charge is 0.187 e. The SMILES string of the molecule is OC[C@@H]1O[C@H](O[C@H]2[C@H](O)[C@@H](O)[C@@H](O)O[C@@H]2CO)[C@@H](O)[C@@H](O)[C@H]1O. The van der Waals surface area contributed by atoms with Crippen LogP contribution in [0, 0.1) is 0 Å². The first-order chi connectivity index (χ1) is 10.8. The van der Waals surface area contributed by atoms with Crippen molar-refractivity contribution in [1.82, 2.24) is 0 Å². The number of rotatable bonds is 4. The second-order valence-electron chi connectivity index (χ2n) is 5.53. The molecule has 0 amide bonds. The van der Waals surface area contributed by atoms with Gasteiger partial charge in [0.25, 0.3) is 0 Å². The number of aliphatic hydroxyl groups excluding tert-OH is 8. The molecule has 10 atom stereocenters. The molecule has 0 unspecified atom stereocenters. The molecule has 0 aliphatic carbocycles. The normalized spacial score (nSPS) is 51.7. The highest BCUT2D eigenvalue weighted by molar-refractivity contribution is 4.93. The van der Waals surface area contributed by atoms with E-state index in [1.54, 1.807) is 0 Å². The van der Waals surface area contributed by atoms with Crippen molar-refractivity contribution in [2.24, 2.45) is 0 Å². The average molecular weight is 342 g/mol. The Labute approximate surface area is 130 Å². The molecule has 0 radical (unpaired) electrons. The first-order valence-corrected chi connectivity index (χ1v) is 7.08. The zero-order chi connectivity index (χ0) is 17.3. The van der Waals surface area contributed by atoms with Crippen LogP contribution in [0.25, 0.3) is 0 Å². The largest absolute Gasteiger partial charge is 0.394 e. The van der Waals surface area contributed by atoms with Gasteiger partial charge in [0.15, 0.2) is 12.6 Å². The van der Waals surface area contributed by atoms with Crippen molar-refractivity contribution in [2.75, 3.05) is 13.2 Å². The van der Waals surface area contributed by atoms with Gasteiger partial charge in [0, 0.05) is 0 Å². The van der Waals surface area contributed by atoms with E-state index in [0.717, 1.165) is 0 Å². The number of ether oxygens (including phenoxy) is 3. The lowest BCUT2D eigenvalue weighted by Gasteiger charge is -2.45. The van der Waals surface area contributed by atoms with E-state index < -0.39 is 74.6 Å². The third-order valence-electron chi connectivity index (χ3n) is 3.98. The van der Waals surface area contributed by atoms with Crippen molar-refractivity contribution in [2.45, 2.75) is 61.4 Å². The van der Waals surface area contributed by atoms with E-state index in [0.29, 0.717) is 0 Å². The van der Waals surface area contributed by atoms with Gasteiger partial charge in [-0.05, 0) is 0 Å². The van der Waals surface area contributed by atoms with Crippen LogP contribution >= 0.6 is 0 Å². The first kappa shape index (κ1) is 18.9. The summed E-state index contributed by atoms with van der Waals surface area (Å²) in [4.78, 5) is 0. The maximum Gasteiger partial charge on any atom is 0.187 e. The van der Waals surface area contributed by atoms with Gasteiger partial charge in [0.05, 0.1) is 13.2 Å². The topological polar surface area (TPSA) is 190 Å². The second kappa shape index (κ2) is 7.63. The van der Waals surface area contributed by atoms with Crippen LogP contribution in [0.1, 0.15) is 0 Å². The van der Waals surface area contributed by atoms with Gasteiger partial charge in [-0.2, -0.15) is 0 Å². The molecule has 0 spiro atoms. The molecule has 8 N–H and O–H groups in total. The van der Waals surface area contributed by atoms with E-state index in [1.165, 1.54) is 0 Å². The van der Waals surface area contributed by atoms with Gasteiger partial charge in [-0.15, -0.1) is 0 Å². The molecule has 0 aromatic rings. The van der Waals surface area contributed by atoms with Crippen LogP contribution in [0.4, 0.5) is 0 Å². The first-order valence-electron chi connectivity index (χ1n) is 7.08. The molecule has 0 bridgehead atoms. The lowest BCUT2D eigenvalue weighted by Crippen LogP contribution is -2.64. The lowest BCUT2D eigenvalue weighted by atomic mass is 9.97. The molecular formula is C12H22O11. The van der Waals surface area contributed by atoms with Crippen molar-refractivity contribution < 1.29 is 55.1 Å². The summed E-state index contributed by atoms with van der Waals surface area (Å²) in [6, 6.07) is 0. The maximum absolute atomic E-state index is 9.94. The Kier molecular flexibility index (Phi) is 6.27. The Morgan fingerprint density at radius 1 is 0.652 bits per heavy atom. The maximum atomic E-state index is 9.94. The van der Waals surface area contributed by atoms with Gasteiger partial charge < -0.3 is 55.1 Å². The predicted octanol–water partition coefficient (Wildman–Crippen LogP) is -5.40. The fraction of sp³-hybridized carbons (Fsp3) is 1.00. The molecular weight excluding hydrogens is 320 g/mol. The van der Waals surface area contributed by atoms with Crippen molar-refractivity contribution in [3.8, 4) is 0 Å². The summed E-state index contributed by atoms with van der Waals surface area (Å²) < 4.78 is 15.3. The summed E-state index contributed by atoms with van der Waals surface area (Å²) in [5, 5.41) is 76.5. The van der Waals surface area contributed by atoms with Crippen LogP contribution in [0.3, 0.4) is 0 Å². The van der Waals surface area contributed by atoms with E-state index in [4.69, 9.17) is 19.3 Å². The molecule has 0 saturated carbocycles. The molecule has 136 valence electrons. The summed E-state index contributed by atoms with van der Waals surface area (Å²) >= 11 is 0. The van der Waals surface area contributed by atoms with Crippen molar-refractivity contribution >= 4 is 0 Å². The molecule has 2 rings (SSSR count). The van der Waals surface area contributed by atoms with Crippen LogP contribution < -0.4 is 0 Å². The van der Waals surface area contributed by atoms with Crippen LogP contribution in [0.15, 0.2) is 0 Å². The monoisotopic (exact) mass is 342 g/mol. The van der Waals surface area contributed by atoms with E-state index in [2.05, 4.69) is 0 Å². The highest BCUT2D eigenvalue weighted by Crippen LogP contribution is 2.28. The number of aliphatic hydroxyl groups is 8. The summed E-state index contributed by atoms with van der Waals surface area (Å²) in [5.41, 5.74) is 0. The highest BCUT2D eigenvalue weighted by Gasteiger charge is 2.50. The molecule has 23 heavy (non-hydrogen) atoms. The number of hydrogen-bond donors (Lipinski definition) is 8. The summed E-state index contributed by atoms with van der Waals surface area (Å²) in [7, 11) is 0. The zero-order valence-corrected chi connectivity index (χ0v) is 12.0. The molecule has 11 heteroatoms. The molecule has 2 fully saturated rings. The quantitative estimate of drug-likeness (QED) is 0.243. The third kappa shape index (κ3) is 3.65. The Morgan fingerprint density at radius 2 is 1.26 bits per heavy atom. The fourth-order valence-corrected chi connectivity index (χ4v) is 2.57.